The fourth-order valence-electron chi connectivity index (χ4n) is 2.46. The van der Waals surface area contributed by atoms with Gasteiger partial charge in [0.05, 0.1) is 0 Å². The molecule has 1 aliphatic heterocycles. The minimum atomic E-state index is 0.362. The van der Waals surface area contributed by atoms with Crippen LogP contribution < -0.4 is 5.73 Å². The molecular formula is C12H27N3. The van der Waals surface area contributed by atoms with Crippen molar-refractivity contribution in [3.05, 3.63) is 0 Å². The Morgan fingerprint density at radius 3 is 2.80 bits per heavy atom. The van der Waals surface area contributed by atoms with Gasteiger partial charge in [-0.15, -0.1) is 0 Å². The van der Waals surface area contributed by atoms with Gasteiger partial charge in [-0.25, -0.2) is 0 Å². The van der Waals surface area contributed by atoms with Gasteiger partial charge < -0.3 is 10.6 Å². The van der Waals surface area contributed by atoms with Crippen LogP contribution in [-0.4, -0.2) is 55.1 Å². The summed E-state index contributed by atoms with van der Waals surface area (Å²) in [4.78, 5) is 4.99. The average molecular weight is 213 g/mol. The minimum absolute atomic E-state index is 0.362. The second kappa shape index (κ2) is 6.46. The molecule has 0 saturated carbocycles. The molecular weight excluding hydrogens is 186 g/mol. The van der Waals surface area contributed by atoms with Gasteiger partial charge >= 0.3 is 0 Å². The van der Waals surface area contributed by atoms with Gasteiger partial charge in [-0.3, -0.25) is 4.90 Å². The highest BCUT2D eigenvalue weighted by atomic mass is 15.2. The molecule has 0 amide bonds. The highest BCUT2D eigenvalue weighted by molar-refractivity contribution is 4.78. The molecule has 1 rings (SSSR count). The first kappa shape index (κ1) is 12.9. The fourth-order valence-corrected chi connectivity index (χ4v) is 2.46. The maximum absolute atomic E-state index is 6.11. The molecule has 2 unspecified atom stereocenters. The molecule has 0 bridgehead atoms. The second-order valence-corrected chi connectivity index (χ2v) is 5.01. The van der Waals surface area contributed by atoms with Crippen molar-refractivity contribution >= 4 is 0 Å². The summed E-state index contributed by atoms with van der Waals surface area (Å²) in [6.07, 6.45) is 3.63. The van der Waals surface area contributed by atoms with E-state index >= 15 is 0 Å². The molecule has 0 aromatic carbocycles. The summed E-state index contributed by atoms with van der Waals surface area (Å²) in [5, 5.41) is 0. The Morgan fingerprint density at radius 1 is 1.40 bits per heavy atom. The number of nitrogens with zero attached hydrogens (tertiary/aromatic N) is 2. The van der Waals surface area contributed by atoms with Crippen molar-refractivity contribution in [3.63, 3.8) is 0 Å². The highest BCUT2D eigenvalue weighted by Gasteiger charge is 2.20. The quantitative estimate of drug-likeness (QED) is 0.760. The molecule has 0 aromatic rings. The monoisotopic (exact) mass is 213 g/mol. The van der Waals surface area contributed by atoms with Crippen molar-refractivity contribution < 1.29 is 0 Å². The summed E-state index contributed by atoms with van der Waals surface area (Å²) >= 11 is 0. The molecule has 0 radical (unpaired) electrons. The van der Waals surface area contributed by atoms with Gasteiger partial charge in [0.15, 0.2) is 0 Å². The molecule has 15 heavy (non-hydrogen) atoms. The van der Waals surface area contributed by atoms with Crippen LogP contribution in [0, 0.1) is 0 Å². The third kappa shape index (κ3) is 4.49. The van der Waals surface area contributed by atoms with Gasteiger partial charge in [-0.2, -0.15) is 0 Å². The van der Waals surface area contributed by atoms with Crippen LogP contribution in [0.3, 0.4) is 0 Å². The van der Waals surface area contributed by atoms with Crippen LogP contribution in [0.4, 0.5) is 0 Å². The first-order valence-corrected chi connectivity index (χ1v) is 6.31. The summed E-state index contributed by atoms with van der Waals surface area (Å²) in [5.41, 5.74) is 6.11. The lowest BCUT2D eigenvalue weighted by atomic mass is 10.1. The first-order valence-electron chi connectivity index (χ1n) is 6.31. The van der Waals surface area contributed by atoms with Crippen molar-refractivity contribution in [2.45, 2.75) is 45.2 Å². The molecule has 2 atom stereocenters. The average Bonchev–Trinajstić information content (AvgIpc) is 2.29. The molecule has 0 spiro atoms. The van der Waals surface area contributed by atoms with E-state index in [1.807, 2.05) is 0 Å². The maximum Gasteiger partial charge on any atom is 0.0195 e. The van der Waals surface area contributed by atoms with Crippen molar-refractivity contribution in [2.75, 3.05) is 33.2 Å². The number of hydrogen-bond acceptors (Lipinski definition) is 3. The van der Waals surface area contributed by atoms with E-state index in [1.54, 1.807) is 0 Å². The van der Waals surface area contributed by atoms with Crippen molar-refractivity contribution in [1.29, 1.82) is 0 Å². The Balaban J connectivity index is 2.38. The third-order valence-corrected chi connectivity index (χ3v) is 3.31. The number of likely N-dealkylation sites (N-methyl/N-ethyl adjacent to an activating group) is 1. The summed E-state index contributed by atoms with van der Waals surface area (Å²) in [7, 11) is 2.21. The topological polar surface area (TPSA) is 32.5 Å². The lowest BCUT2D eigenvalue weighted by molar-refractivity contribution is 0.189. The predicted octanol–water partition coefficient (Wildman–Crippen LogP) is 1.14. The molecule has 3 nitrogen and oxygen atoms in total. The molecule has 1 saturated heterocycles. The van der Waals surface area contributed by atoms with Gasteiger partial charge in [-0.05, 0) is 39.9 Å². The zero-order chi connectivity index (χ0) is 11.3. The molecule has 2 N–H and O–H groups in total. The van der Waals surface area contributed by atoms with Crippen LogP contribution in [0.5, 0.6) is 0 Å². The van der Waals surface area contributed by atoms with Gasteiger partial charge in [0, 0.05) is 25.2 Å². The SMILES string of the molecule is CCCC(N)CN1CCCN(C)CC1C. The zero-order valence-corrected chi connectivity index (χ0v) is 10.6. The molecule has 0 aliphatic carbocycles. The third-order valence-electron chi connectivity index (χ3n) is 3.31. The van der Waals surface area contributed by atoms with Crippen molar-refractivity contribution in [2.24, 2.45) is 5.73 Å². The molecule has 90 valence electrons. The summed E-state index contributed by atoms with van der Waals surface area (Å²) in [6.45, 7) is 9.22. The Kier molecular flexibility index (Phi) is 5.58. The Morgan fingerprint density at radius 2 is 2.13 bits per heavy atom. The van der Waals surface area contributed by atoms with Gasteiger partial charge in [0.2, 0.25) is 0 Å². The standard InChI is InChI=1S/C12H27N3/c1-4-6-12(13)10-15-8-5-7-14(3)9-11(15)2/h11-12H,4-10,13H2,1-3H3. The van der Waals surface area contributed by atoms with E-state index in [2.05, 4.69) is 30.7 Å². The van der Waals surface area contributed by atoms with Crippen LogP contribution in [0.25, 0.3) is 0 Å². The molecule has 3 heteroatoms. The second-order valence-electron chi connectivity index (χ2n) is 5.01. The number of nitrogens with two attached hydrogens (primary N) is 1. The van der Waals surface area contributed by atoms with Gasteiger partial charge in [0.1, 0.15) is 0 Å². The zero-order valence-electron chi connectivity index (χ0n) is 10.6. The van der Waals surface area contributed by atoms with Crippen LogP contribution in [-0.2, 0) is 0 Å². The smallest absolute Gasteiger partial charge is 0.0195 e. The first-order chi connectivity index (χ1) is 7.13. The molecule has 1 heterocycles. The van der Waals surface area contributed by atoms with E-state index in [0.29, 0.717) is 12.1 Å². The largest absolute Gasteiger partial charge is 0.327 e. The normalized spacial score (nSPS) is 27.6. The Labute approximate surface area is 94.6 Å². The summed E-state index contributed by atoms with van der Waals surface area (Å²) in [6, 6.07) is 1.02. The summed E-state index contributed by atoms with van der Waals surface area (Å²) in [5.74, 6) is 0. The molecule has 1 aliphatic rings. The Hall–Kier alpha value is -0.120. The van der Waals surface area contributed by atoms with Gasteiger partial charge in [0.25, 0.3) is 0 Å². The molecule has 0 aromatic heterocycles. The van der Waals surface area contributed by atoms with Crippen molar-refractivity contribution in [3.8, 4) is 0 Å². The lowest BCUT2D eigenvalue weighted by Crippen LogP contribution is -2.44. The van der Waals surface area contributed by atoms with Crippen molar-refractivity contribution in [1.82, 2.24) is 9.80 Å². The van der Waals surface area contributed by atoms with Gasteiger partial charge in [-0.1, -0.05) is 13.3 Å². The lowest BCUT2D eigenvalue weighted by Gasteiger charge is -2.30. The van der Waals surface area contributed by atoms with Crippen LogP contribution >= 0.6 is 0 Å². The van der Waals surface area contributed by atoms with E-state index in [1.165, 1.54) is 32.5 Å². The van der Waals surface area contributed by atoms with E-state index in [0.717, 1.165) is 13.0 Å². The highest BCUT2D eigenvalue weighted by Crippen LogP contribution is 2.09. The molecule has 1 fully saturated rings. The van der Waals surface area contributed by atoms with E-state index in [-0.39, 0.29) is 0 Å². The van der Waals surface area contributed by atoms with E-state index in [9.17, 15) is 0 Å². The Bertz CT molecular complexity index is 172. The van der Waals surface area contributed by atoms with Crippen LogP contribution in [0.15, 0.2) is 0 Å². The number of rotatable bonds is 4. The van der Waals surface area contributed by atoms with E-state index < -0.39 is 0 Å². The van der Waals surface area contributed by atoms with Crippen LogP contribution in [0.2, 0.25) is 0 Å². The summed E-state index contributed by atoms with van der Waals surface area (Å²) < 4.78 is 0. The van der Waals surface area contributed by atoms with E-state index in [4.69, 9.17) is 5.73 Å². The van der Waals surface area contributed by atoms with Crippen LogP contribution in [0.1, 0.15) is 33.1 Å². The fraction of sp³-hybridized carbons (Fsp3) is 1.00. The maximum atomic E-state index is 6.11. The predicted molar refractivity (Wildman–Crippen MR) is 66.0 cm³/mol. The minimum Gasteiger partial charge on any atom is -0.327 e. The number of hydrogen-bond donors (Lipinski definition) is 1.